The van der Waals surface area contributed by atoms with Gasteiger partial charge in [-0.3, -0.25) is 0 Å². The summed E-state index contributed by atoms with van der Waals surface area (Å²) in [4.78, 5) is 11.5. The predicted octanol–water partition coefficient (Wildman–Crippen LogP) is 1.62. The Morgan fingerprint density at radius 3 is 2.56 bits per heavy atom. The van der Waals surface area contributed by atoms with Crippen molar-refractivity contribution in [1.82, 2.24) is 9.97 Å². The van der Waals surface area contributed by atoms with Gasteiger partial charge in [-0.1, -0.05) is 6.92 Å². The van der Waals surface area contributed by atoms with Crippen LogP contribution < -0.4 is 10.2 Å². The van der Waals surface area contributed by atoms with Gasteiger partial charge in [0.15, 0.2) is 0 Å². The summed E-state index contributed by atoms with van der Waals surface area (Å²) in [5, 5.41) is 3.32. The molecule has 100 valence electrons. The summed E-state index contributed by atoms with van der Waals surface area (Å²) in [6, 6.07) is 0. The summed E-state index contributed by atoms with van der Waals surface area (Å²) >= 11 is 0. The molecule has 1 aromatic rings. The van der Waals surface area contributed by atoms with Gasteiger partial charge in [0.1, 0.15) is 5.82 Å². The van der Waals surface area contributed by atoms with Crippen LogP contribution >= 0.6 is 0 Å². The molecule has 5 heteroatoms. The molecule has 0 spiro atoms. The van der Waals surface area contributed by atoms with E-state index in [4.69, 9.17) is 4.74 Å². The molecule has 18 heavy (non-hydrogen) atoms. The van der Waals surface area contributed by atoms with E-state index in [1.54, 1.807) is 0 Å². The van der Waals surface area contributed by atoms with Crippen LogP contribution in [0.3, 0.4) is 0 Å². The highest BCUT2D eigenvalue weighted by Crippen LogP contribution is 2.20. The van der Waals surface area contributed by atoms with Crippen LogP contribution in [0.4, 0.5) is 11.8 Å². The van der Waals surface area contributed by atoms with Crippen LogP contribution in [0.25, 0.3) is 0 Å². The Kier molecular flexibility index (Phi) is 4.36. The number of ether oxygens (including phenoxy) is 1. The van der Waals surface area contributed by atoms with Gasteiger partial charge in [0.05, 0.1) is 18.9 Å². The zero-order chi connectivity index (χ0) is 13.0. The molecular weight excluding hydrogens is 228 g/mol. The molecule has 1 aliphatic rings. The van der Waals surface area contributed by atoms with Crippen LogP contribution in [-0.4, -0.2) is 42.8 Å². The molecule has 0 atom stereocenters. The number of aryl methyl sites for hydroxylation is 1. The fraction of sp³-hybridized carbons (Fsp3) is 0.692. The van der Waals surface area contributed by atoms with Crippen molar-refractivity contribution in [2.45, 2.75) is 27.2 Å². The van der Waals surface area contributed by atoms with Crippen molar-refractivity contribution in [2.24, 2.45) is 0 Å². The molecule has 1 aliphatic heterocycles. The highest BCUT2D eigenvalue weighted by molar-refractivity contribution is 5.50. The highest BCUT2D eigenvalue weighted by atomic mass is 16.5. The van der Waals surface area contributed by atoms with Gasteiger partial charge in [-0.05, 0) is 20.3 Å². The highest BCUT2D eigenvalue weighted by Gasteiger charge is 2.17. The summed E-state index contributed by atoms with van der Waals surface area (Å²) in [5.74, 6) is 1.79. The van der Waals surface area contributed by atoms with Crippen LogP contribution in [0.5, 0.6) is 0 Å². The fourth-order valence-corrected chi connectivity index (χ4v) is 2.14. The topological polar surface area (TPSA) is 50.3 Å². The van der Waals surface area contributed by atoms with Gasteiger partial charge in [0.25, 0.3) is 0 Å². The quantitative estimate of drug-likeness (QED) is 0.880. The van der Waals surface area contributed by atoms with Crippen molar-refractivity contribution in [3.05, 3.63) is 11.3 Å². The molecule has 1 fully saturated rings. The van der Waals surface area contributed by atoms with Crippen LogP contribution in [0, 0.1) is 6.92 Å². The number of hydrogen-bond acceptors (Lipinski definition) is 5. The molecule has 1 saturated heterocycles. The minimum atomic E-state index is 0.759. The number of nitrogens with zero attached hydrogens (tertiary/aromatic N) is 3. The number of nitrogens with one attached hydrogen (secondary N) is 1. The lowest BCUT2D eigenvalue weighted by Gasteiger charge is -2.27. The van der Waals surface area contributed by atoms with E-state index in [9.17, 15) is 0 Å². The third kappa shape index (κ3) is 2.72. The summed E-state index contributed by atoms with van der Waals surface area (Å²) in [6.07, 6.45) is 0.935. The lowest BCUT2D eigenvalue weighted by atomic mass is 10.2. The van der Waals surface area contributed by atoms with Gasteiger partial charge in [0, 0.05) is 25.2 Å². The molecule has 0 aromatic carbocycles. The fourth-order valence-electron chi connectivity index (χ4n) is 2.14. The SMILES string of the molecule is CCNc1nc(N2CCOCC2)nc(CC)c1C. The van der Waals surface area contributed by atoms with Crippen LogP contribution in [0.1, 0.15) is 25.1 Å². The lowest BCUT2D eigenvalue weighted by molar-refractivity contribution is 0.122. The first-order valence-corrected chi connectivity index (χ1v) is 6.70. The van der Waals surface area contributed by atoms with Gasteiger partial charge >= 0.3 is 0 Å². The Morgan fingerprint density at radius 1 is 1.22 bits per heavy atom. The van der Waals surface area contributed by atoms with Crippen LogP contribution in [0.15, 0.2) is 0 Å². The first kappa shape index (κ1) is 13.1. The average Bonchev–Trinajstić information content (AvgIpc) is 2.42. The molecule has 1 aromatic heterocycles. The average molecular weight is 250 g/mol. The van der Waals surface area contributed by atoms with Gasteiger partial charge < -0.3 is 15.0 Å². The Hall–Kier alpha value is -1.36. The van der Waals surface area contributed by atoms with E-state index in [0.29, 0.717) is 0 Å². The number of hydrogen-bond donors (Lipinski definition) is 1. The van der Waals surface area contributed by atoms with Crippen molar-refractivity contribution in [2.75, 3.05) is 43.1 Å². The second kappa shape index (κ2) is 6.00. The van der Waals surface area contributed by atoms with E-state index in [2.05, 4.69) is 41.0 Å². The third-order valence-electron chi connectivity index (χ3n) is 3.21. The molecule has 5 nitrogen and oxygen atoms in total. The Morgan fingerprint density at radius 2 is 1.94 bits per heavy atom. The minimum absolute atomic E-state index is 0.759. The number of rotatable bonds is 4. The van der Waals surface area contributed by atoms with Crippen molar-refractivity contribution in [1.29, 1.82) is 0 Å². The van der Waals surface area contributed by atoms with E-state index < -0.39 is 0 Å². The Labute approximate surface area is 109 Å². The smallest absolute Gasteiger partial charge is 0.227 e. The van der Waals surface area contributed by atoms with E-state index in [-0.39, 0.29) is 0 Å². The first-order chi connectivity index (χ1) is 8.76. The van der Waals surface area contributed by atoms with E-state index in [0.717, 1.165) is 62.3 Å². The number of aromatic nitrogens is 2. The predicted molar refractivity (Wildman–Crippen MR) is 73.3 cm³/mol. The second-order valence-electron chi connectivity index (χ2n) is 4.43. The van der Waals surface area contributed by atoms with E-state index in [1.807, 2.05) is 0 Å². The summed E-state index contributed by atoms with van der Waals surface area (Å²) < 4.78 is 5.37. The van der Waals surface area contributed by atoms with E-state index in [1.165, 1.54) is 0 Å². The van der Waals surface area contributed by atoms with Crippen molar-refractivity contribution >= 4 is 11.8 Å². The molecule has 0 bridgehead atoms. The van der Waals surface area contributed by atoms with Gasteiger partial charge in [-0.15, -0.1) is 0 Å². The number of morpholine rings is 1. The Bertz CT molecular complexity index is 402. The number of anilines is 2. The monoisotopic (exact) mass is 250 g/mol. The van der Waals surface area contributed by atoms with Crippen LogP contribution in [-0.2, 0) is 11.2 Å². The zero-order valence-electron chi connectivity index (χ0n) is 11.5. The molecule has 0 saturated carbocycles. The third-order valence-corrected chi connectivity index (χ3v) is 3.21. The molecule has 2 heterocycles. The largest absolute Gasteiger partial charge is 0.378 e. The molecule has 0 amide bonds. The second-order valence-corrected chi connectivity index (χ2v) is 4.43. The molecule has 1 N–H and O–H groups in total. The normalized spacial score (nSPS) is 15.8. The van der Waals surface area contributed by atoms with Gasteiger partial charge in [-0.2, -0.15) is 4.98 Å². The maximum Gasteiger partial charge on any atom is 0.227 e. The molecule has 0 radical (unpaired) electrons. The zero-order valence-corrected chi connectivity index (χ0v) is 11.5. The van der Waals surface area contributed by atoms with Crippen molar-refractivity contribution < 1.29 is 4.74 Å². The summed E-state index contributed by atoms with van der Waals surface area (Å²) in [5.41, 5.74) is 2.29. The van der Waals surface area contributed by atoms with Gasteiger partial charge in [-0.25, -0.2) is 4.98 Å². The molecular formula is C13H22N4O. The summed E-state index contributed by atoms with van der Waals surface area (Å²) in [7, 11) is 0. The maximum absolute atomic E-state index is 5.37. The first-order valence-electron chi connectivity index (χ1n) is 6.70. The van der Waals surface area contributed by atoms with E-state index >= 15 is 0 Å². The lowest BCUT2D eigenvalue weighted by Crippen LogP contribution is -2.37. The van der Waals surface area contributed by atoms with Crippen LogP contribution in [0.2, 0.25) is 0 Å². The molecule has 0 aliphatic carbocycles. The Balaban J connectivity index is 2.31. The minimum Gasteiger partial charge on any atom is -0.378 e. The van der Waals surface area contributed by atoms with Crippen molar-refractivity contribution in [3.63, 3.8) is 0 Å². The maximum atomic E-state index is 5.37. The van der Waals surface area contributed by atoms with Gasteiger partial charge in [0.2, 0.25) is 5.95 Å². The molecule has 0 unspecified atom stereocenters. The standard InChI is InChI=1S/C13H22N4O/c1-4-11-10(3)12(14-5-2)16-13(15-11)17-6-8-18-9-7-17/h4-9H2,1-3H3,(H,14,15,16). The summed E-state index contributed by atoms with van der Waals surface area (Å²) in [6.45, 7) is 10.4. The van der Waals surface area contributed by atoms with Crippen molar-refractivity contribution in [3.8, 4) is 0 Å². The molecule has 2 rings (SSSR count).